The first-order valence-corrected chi connectivity index (χ1v) is 12.7. The van der Waals surface area contributed by atoms with Gasteiger partial charge in [0.2, 0.25) is 0 Å². The van der Waals surface area contributed by atoms with Gasteiger partial charge in [0, 0.05) is 48.5 Å². The van der Waals surface area contributed by atoms with Crippen LogP contribution in [0.25, 0.3) is 28.6 Å². The van der Waals surface area contributed by atoms with Gasteiger partial charge in [-0.05, 0) is 64.9 Å². The summed E-state index contributed by atoms with van der Waals surface area (Å²) >= 11 is 6.14. The molecule has 0 saturated carbocycles. The molecule has 4 aromatic rings. The van der Waals surface area contributed by atoms with E-state index >= 15 is 0 Å². The molecule has 1 N–H and O–H groups in total. The molecule has 3 aromatic carbocycles. The van der Waals surface area contributed by atoms with Crippen molar-refractivity contribution in [3.63, 3.8) is 0 Å². The minimum absolute atomic E-state index is 0.718. The van der Waals surface area contributed by atoms with Crippen molar-refractivity contribution < 1.29 is 0 Å². The number of benzene rings is 3. The van der Waals surface area contributed by atoms with E-state index < -0.39 is 0 Å². The molecule has 35 heavy (non-hydrogen) atoms. The Morgan fingerprint density at radius 1 is 0.829 bits per heavy atom. The molecular weight excluding hydrogens is 450 g/mol. The maximum Gasteiger partial charge on any atom is 0.0737 e. The maximum atomic E-state index is 6.14. The molecular formula is C31H28ClN3. The lowest BCUT2D eigenvalue weighted by Gasteiger charge is -2.30. The zero-order valence-corrected chi connectivity index (χ0v) is 20.4. The molecule has 0 spiro atoms. The van der Waals surface area contributed by atoms with Crippen LogP contribution >= 0.6 is 11.6 Å². The highest BCUT2D eigenvalue weighted by Gasteiger charge is 2.22. The lowest BCUT2D eigenvalue weighted by Crippen LogP contribution is -2.34. The highest BCUT2D eigenvalue weighted by atomic mass is 35.5. The third kappa shape index (κ3) is 4.50. The number of hydrogen-bond donors (Lipinski definition) is 1. The smallest absolute Gasteiger partial charge is 0.0737 e. The van der Waals surface area contributed by atoms with Crippen LogP contribution in [0.15, 0.2) is 84.6 Å². The molecule has 1 aliphatic heterocycles. The maximum absolute atomic E-state index is 6.14. The summed E-state index contributed by atoms with van der Waals surface area (Å²) in [6, 6.07) is 25.6. The molecule has 2 aliphatic rings. The van der Waals surface area contributed by atoms with Gasteiger partial charge in [-0.3, -0.25) is 4.98 Å². The van der Waals surface area contributed by atoms with Crippen molar-refractivity contribution >= 4 is 45.9 Å². The topological polar surface area (TPSA) is 28.2 Å². The molecule has 0 unspecified atom stereocenters. The number of anilines is 1. The number of aromatic nitrogens is 1. The van der Waals surface area contributed by atoms with E-state index in [-0.39, 0.29) is 0 Å². The van der Waals surface area contributed by atoms with Crippen molar-refractivity contribution in [2.45, 2.75) is 12.8 Å². The molecule has 0 bridgehead atoms. The van der Waals surface area contributed by atoms with Gasteiger partial charge in [0.05, 0.1) is 5.52 Å². The number of piperidine rings is 1. The molecule has 0 radical (unpaired) electrons. The Morgan fingerprint density at radius 3 is 2.23 bits per heavy atom. The molecule has 6 rings (SSSR count). The fourth-order valence-electron chi connectivity index (χ4n) is 5.37. The van der Waals surface area contributed by atoms with Gasteiger partial charge < -0.3 is 10.2 Å². The van der Waals surface area contributed by atoms with Gasteiger partial charge in [0.15, 0.2) is 0 Å². The average Bonchev–Trinajstić information content (AvgIpc) is 3.06. The average molecular weight is 478 g/mol. The van der Waals surface area contributed by atoms with Crippen LogP contribution in [0.3, 0.4) is 0 Å². The lowest BCUT2D eigenvalue weighted by atomic mass is 9.86. The zero-order valence-electron chi connectivity index (χ0n) is 19.7. The van der Waals surface area contributed by atoms with E-state index in [4.69, 9.17) is 11.6 Å². The summed E-state index contributed by atoms with van der Waals surface area (Å²) in [7, 11) is 0. The molecule has 2 heterocycles. The van der Waals surface area contributed by atoms with Crippen molar-refractivity contribution in [3.05, 3.63) is 112 Å². The highest BCUT2D eigenvalue weighted by molar-refractivity contribution is 6.31. The summed E-state index contributed by atoms with van der Waals surface area (Å²) < 4.78 is 0. The van der Waals surface area contributed by atoms with Crippen molar-refractivity contribution in [2.24, 2.45) is 0 Å². The van der Waals surface area contributed by atoms with Gasteiger partial charge in [-0.1, -0.05) is 77.9 Å². The zero-order chi connectivity index (χ0) is 23.6. The summed E-state index contributed by atoms with van der Waals surface area (Å²) in [4.78, 5) is 7.02. The first kappa shape index (κ1) is 22.1. The van der Waals surface area contributed by atoms with Crippen LogP contribution in [0.5, 0.6) is 0 Å². The second-order valence-corrected chi connectivity index (χ2v) is 9.71. The Labute approximate surface area is 211 Å². The van der Waals surface area contributed by atoms with Gasteiger partial charge in [-0.15, -0.1) is 0 Å². The van der Waals surface area contributed by atoms with Crippen molar-refractivity contribution in [3.8, 4) is 0 Å². The number of hydrogen-bond acceptors (Lipinski definition) is 3. The molecule has 1 aliphatic carbocycles. The largest absolute Gasteiger partial charge is 0.383 e. The minimum atomic E-state index is 0.718. The van der Waals surface area contributed by atoms with E-state index in [1.165, 1.54) is 27.8 Å². The van der Waals surface area contributed by atoms with Crippen molar-refractivity contribution in [1.29, 1.82) is 0 Å². The Kier molecular flexibility index (Phi) is 6.12. The van der Waals surface area contributed by atoms with E-state index in [9.17, 15) is 0 Å². The van der Waals surface area contributed by atoms with Crippen LogP contribution in [0.4, 0.5) is 5.69 Å². The Bertz CT molecular complexity index is 1390. The van der Waals surface area contributed by atoms with Crippen LogP contribution in [-0.2, 0) is 0 Å². The third-order valence-electron chi connectivity index (χ3n) is 7.16. The van der Waals surface area contributed by atoms with E-state index in [0.717, 1.165) is 60.6 Å². The molecule has 0 atom stereocenters. The quantitative estimate of drug-likeness (QED) is 0.292. The number of rotatable bonds is 4. The molecule has 4 heteroatoms. The first-order chi connectivity index (χ1) is 17.3. The Balaban J connectivity index is 1.17. The van der Waals surface area contributed by atoms with Gasteiger partial charge in [0.1, 0.15) is 0 Å². The van der Waals surface area contributed by atoms with Gasteiger partial charge in [-0.2, -0.15) is 0 Å². The second kappa shape index (κ2) is 9.69. The predicted molar refractivity (Wildman–Crippen MR) is 149 cm³/mol. The Hall–Kier alpha value is -3.40. The van der Waals surface area contributed by atoms with Gasteiger partial charge >= 0.3 is 0 Å². The second-order valence-electron chi connectivity index (χ2n) is 9.27. The first-order valence-electron chi connectivity index (χ1n) is 12.4. The van der Waals surface area contributed by atoms with Crippen LogP contribution in [0.2, 0.25) is 5.02 Å². The fourth-order valence-corrected chi connectivity index (χ4v) is 5.53. The Morgan fingerprint density at radius 2 is 1.51 bits per heavy atom. The number of nitrogens with one attached hydrogen (secondary N) is 1. The summed E-state index contributed by atoms with van der Waals surface area (Å²) in [5.74, 6) is 0. The van der Waals surface area contributed by atoms with Crippen molar-refractivity contribution in [2.75, 3.05) is 31.5 Å². The third-order valence-corrected chi connectivity index (χ3v) is 7.40. The number of likely N-dealkylation sites (tertiary alicyclic amines) is 1. The van der Waals surface area contributed by atoms with E-state index in [1.54, 1.807) is 5.57 Å². The summed E-state index contributed by atoms with van der Waals surface area (Å²) in [6.45, 7) is 4.11. The normalized spacial score (nSPS) is 15.6. The monoisotopic (exact) mass is 477 g/mol. The van der Waals surface area contributed by atoms with Crippen LogP contribution < -0.4 is 5.32 Å². The minimum Gasteiger partial charge on any atom is -0.383 e. The predicted octanol–water partition coefficient (Wildman–Crippen LogP) is 7.38. The molecule has 174 valence electrons. The van der Waals surface area contributed by atoms with E-state index in [0.29, 0.717) is 0 Å². The molecule has 0 amide bonds. The molecule has 1 aromatic heterocycles. The van der Waals surface area contributed by atoms with Gasteiger partial charge in [-0.25, -0.2) is 0 Å². The standard InChI is InChI=1S/C31H28ClN3/c32-25-11-12-28-29(13-16-33-30(28)21-25)34-17-20-35-18-14-24(15-19-35)31-26-7-3-1-5-22(26)9-10-23-6-2-4-8-27(23)31/h1-13,16,21H,14-15,17-20H2,(H,33,34). The van der Waals surface area contributed by atoms with Crippen molar-refractivity contribution in [1.82, 2.24) is 9.88 Å². The van der Waals surface area contributed by atoms with Crippen LogP contribution in [0, 0.1) is 0 Å². The van der Waals surface area contributed by atoms with E-state index in [2.05, 4.69) is 75.9 Å². The molecule has 3 nitrogen and oxygen atoms in total. The number of pyridine rings is 1. The van der Waals surface area contributed by atoms with Gasteiger partial charge in [0.25, 0.3) is 0 Å². The van der Waals surface area contributed by atoms with Crippen LogP contribution in [0.1, 0.15) is 35.1 Å². The SMILES string of the molecule is Clc1ccc2c(NCCN3CCC(=C4c5ccccc5C=Cc5ccccc54)CC3)ccnc2c1. The summed E-state index contributed by atoms with van der Waals surface area (Å²) in [5.41, 5.74) is 10.4. The molecule has 1 saturated heterocycles. The lowest BCUT2D eigenvalue weighted by molar-refractivity contribution is 0.266. The number of fused-ring (bicyclic) bond motifs is 3. The number of nitrogens with zero attached hydrogens (tertiary/aromatic N) is 2. The summed E-state index contributed by atoms with van der Waals surface area (Å²) in [5, 5.41) is 5.45. The molecule has 1 fully saturated rings. The fraction of sp³-hybridized carbons (Fsp3) is 0.194. The number of halogens is 1. The van der Waals surface area contributed by atoms with E-state index in [1.807, 2.05) is 30.5 Å². The highest BCUT2D eigenvalue weighted by Crippen LogP contribution is 2.38. The van der Waals surface area contributed by atoms with Crippen LogP contribution in [-0.4, -0.2) is 36.1 Å². The summed E-state index contributed by atoms with van der Waals surface area (Å²) in [6.07, 6.45) is 8.58.